The Labute approximate surface area is 131 Å². The van der Waals surface area contributed by atoms with Gasteiger partial charge in [-0.3, -0.25) is 4.79 Å². The van der Waals surface area contributed by atoms with E-state index in [9.17, 15) is 14.3 Å². The minimum absolute atomic E-state index is 0.000106. The zero-order chi connectivity index (χ0) is 15.7. The van der Waals surface area contributed by atoms with Crippen molar-refractivity contribution >= 4 is 34.6 Å². The number of amides is 1. The largest absolute Gasteiger partial charge is 0.356 e. The van der Waals surface area contributed by atoms with Gasteiger partial charge in [0.25, 0.3) is 0 Å². The quantitative estimate of drug-likeness (QED) is 0.760. The number of nitrogens with zero attached hydrogens (tertiary/aromatic N) is 1. The van der Waals surface area contributed by atoms with Crippen molar-refractivity contribution in [3.63, 3.8) is 0 Å². The molecule has 1 atom stereocenters. The summed E-state index contributed by atoms with van der Waals surface area (Å²) in [5.74, 6) is -0.763. The molecule has 1 unspecified atom stereocenters. The second-order valence-corrected chi connectivity index (χ2v) is 5.25. The van der Waals surface area contributed by atoms with Crippen LogP contribution in [0.4, 0.5) is 21.5 Å². The molecule has 114 valence electrons. The number of rotatable bonds is 3. The normalized spacial score (nSPS) is 15.0. The Hall–Kier alpha value is -2.31. The molecule has 0 spiro atoms. The van der Waals surface area contributed by atoms with Crippen molar-refractivity contribution in [2.24, 2.45) is 0 Å². The first-order valence-corrected chi connectivity index (χ1v) is 6.97. The second kappa shape index (κ2) is 5.82. The van der Waals surface area contributed by atoms with Gasteiger partial charge in [-0.2, -0.15) is 0 Å². The van der Waals surface area contributed by atoms with Gasteiger partial charge < -0.3 is 20.6 Å². The molecule has 0 saturated carbocycles. The molecule has 22 heavy (non-hydrogen) atoms. The van der Waals surface area contributed by atoms with E-state index in [1.807, 2.05) is 6.07 Å². The van der Waals surface area contributed by atoms with E-state index in [1.165, 1.54) is 23.1 Å². The van der Waals surface area contributed by atoms with E-state index in [0.29, 0.717) is 17.1 Å². The molecule has 0 radical (unpaired) electrons. The number of aliphatic hydroxyl groups excluding tert-OH is 1. The molecule has 1 aliphatic heterocycles. The number of carbonyl (C=O) groups excluding carboxylic acids is 1. The van der Waals surface area contributed by atoms with Crippen LogP contribution in [0.3, 0.4) is 0 Å². The molecule has 0 aromatic heterocycles. The maximum absolute atomic E-state index is 13.2. The number of hydrogen-bond donors (Lipinski definition) is 3. The molecule has 2 aromatic rings. The van der Waals surface area contributed by atoms with Gasteiger partial charge in [0.2, 0.25) is 12.3 Å². The molecule has 0 saturated heterocycles. The molecule has 5 nitrogen and oxygen atoms in total. The summed E-state index contributed by atoms with van der Waals surface area (Å²) >= 11 is 5.71. The van der Waals surface area contributed by atoms with Gasteiger partial charge in [-0.1, -0.05) is 23.7 Å². The summed E-state index contributed by atoms with van der Waals surface area (Å²) in [6.07, 6.45) is -1.16. The number of nitrogens with one attached hydrogen (secondary N) is 2. The molecule has 7 heteroatoms. The van der Waals surface area contributed by atoms with Crippen LogP contribution >= 0.6 is 11.6 Å². The van der Waals surface area contributed by atoms with Gasteiger partial charge in [0, 0.05) is 5.69 Å². The van der Waals surface area contributed by atoms with E-state index < -0.39 is 12.2 Å². The zero-order valence-corrected chi connectivity index (χ0v) is 12.1. The van der Waals surface area contributed by atoms with E-state index in [4.69, 9.17) is 11.6 Å². The summed E-state index contributed by atoms with van der Waals surface area (Å²) in [5.41, 5.74) is 1.76. The Morgan fingerprint density at radius 1 is 1.32 bits per heavy atom. The Bertz CT molecular complexity index is 726. The molecule has 0 fully saturated rings. The van der Waals surface area contributed by atoms with Gasteiger partial charge >= 0.3 is 0 Å². The molecule has 0 aliphatic carbocycles. The topological polar surface area (TPSA) is 64.6 Å². The maximum atomic E-state index is 13.2. The van der Waals surface area contributed by atoms with E-state index in [2.05, 4.69) is 10.6 Å². The summed E-state index contributed by atoms with van der Waals surface area (Å²) in [5, 5.41) is 15.8. The van der Waals surface area contributed by atoms with Crippen LogP contribution in [0.25, 0.3) is 0 Å². The molecule has 1 aliphatic rings. The Kier molecular flexibility index (Phi) is 3.87. The number of benzene rings is 2. The van der Waals surface area contributed by atoms with Crippen LogP contribution in [0.15, 0.2) is 42.5 Å². The van der Waals surface area contributed by atoms with Crippen LogP contribution < -0.4 is 15.5 Å². The lowest BCUT2D eigenvalue weighted by atomic mass is 10.2. The van der Waals surface area contributed by atoms with Crippen molar-refractivity contribution in [1.29, 1.82) is 0 Å². The van der Waals surface area contributed by atoms with Crippen LogP contribution in [0.2, 0.25) is 5.02 Å². The minimum atomic E-state index is -1.16. The van der Waals surface area contributed by atoms with E-state index in [-0.39, 0.29) is 17.5 Å². The van der Waals surface area contributed by atoms with Crippen LogP contribution in [-0.4, -0.2) is 23.9 Å². The number of para-hydroxylation sites is 2. The highest BCUT2D eigenvalue weighted by Crippen LogP contribution is 2.30. The number of carbonyl (C=O) groups is 1. The summed E-state index contributed by atoms with van der Waals surface area (Å²) in [4.78, 5) is 13.2. The molecule has 3 N–H and O–H groups in total. The highest BCUT2D eigenvalue weighted by Gasteiger charge is 2.26. The average Bonchev–Trinajstić information content (AvgIpc) is 2.50. The fourth-order valence-electron chi connectivity index (χ4n) is 2.29. The third-order valence-electron chi connectivity index (χ3n) is 3.31. The van der Waals surface area contributed by atoms with Crippen molar-refractivity contribution in [3.8, 4) is 0 Å². The van der Waals surface area contributed by atoms with Crippen LogP contribution in [0, 0.1) is 5.82 Å². The molecular weight excluding hydrogens is 309 g/mol. The smallest absolute Gasteiger partial charge is 0.244 e. The van der Waals surface area contributed by atoms with Crippen molar-refractivity contribution in [2.45, 2.75) is 6.35 Å². The monoisotopic (exact) mass is 321 g/mol. The lowest BCUT2D eigenvalue weighted by Gasteiger charge is -2.35. The number of halogens is 2. The average molecular weight is 322 g/mol. The van der Waals surface area contributed by atoms with Crippen molar-refractivity contribution in [2.75, 3.05) is 22.1 Å². The lowest BCUT2D eigenvalue weighted by molar-refractivity contribution is -0.115. The van der Waals surface area contributed by atoms with Gasteiger partial charge in [0.15, 0.2) is 0 Å². The van der Waals surface area contributed by atoms with Gasteiger partial charge in [-0.05, 0) is 30.3 Å². The fraction of sp³-hybridized carbons (Fsp3) is 0.133. The predicted molar refractivity (Wildman–Crippen MR) is 83.5 cm³/mol. The highest BCUT2D eigenvalue weighted by molar-refractivity contribution is 6.31. The summed E-state index contributed by atoms with van der Waals surface area (Å²) < 4.78 is 13.2. The van der Waals surface area contributed by atoms with E-state index in [0.717, 1.165) is 0 Å². The summed E-state index contributed by atoms with van der Waals surface area (Å²) in [6.45, 7) is 0.000106. The van der Waals surface area contributed by atoms with Crippen LogP contribution in [0.1, 0.15) is 0 Å². The second-order valence-electron chi connectivity index (χ2n) is 4.84. The molecule has 2 aromatic carbocycles. The first-order valence-electron chi connectivity index (χ1n) is 6.60. The van der Waals surface area contributed by atoms with Gasteiger partial charge in [0.05, 0.1) is 16.4 Å². The number of anilines is 3. The van der Waals surface area contributed by atoms with Crippen LogP contribution in [-0.2, 0) is 4.79 Å². The van der Waals surface area contributed by atoms with Crippen molar-refractivity contribution in [3.05, 3.63) is 53.3 Å². The summed E-state index contributed by atoms with van der Waals surface area (Å²) in [6, 6.07) is 11.2. The fourth-order valence-corrected chi connectivity index (χ4v) is 2.47. The number of aliphatic hydroxyl groups is 1. The molecule has 0 bridgehead atoms. The third-order valence-corrected chi connectivity index (χ3v) is 3.60. The SMILES string of the molecule is O=C1CN(C(O)Nc2ccc(F)c(Cl)c2)c2ccccc2N1. The molecular formula is C15H13ClFN3O2. The molecule has 1 heterocycles. The molecule has 3 rings (SSSR count). The van der Waals surface area contributed by atoms with Crippen molar-refractivity contribution in [1.82, 2.24) is 0 Å². The van der Waals surface area contributed by atoms with Crippen molar-refractivity contribution < 1.29 is 14.3 Å². The zero-order valence-electron chi connectivity index (χ0n) is 11.4. The van der Waals surface area contributed by atoms with Gasteiger partial charge in [0.1, 0.15) is 12.4 Å². The Morgan fingerprint density at radius 2 is 2.09 bits per heavy atom. The first kappa shape index (κ1) is 14.6. The van der Waals surface area contributed by atoms with Crippen LogP contribution in [0.5, 0.6) is 0 Å². The van der Waals surface area contributed by atoms with E-state index in [1.54, 1.807) is 18.2 Å². The Morgan fingerprint density at radius 3 is 2.86 bits per heavy atom. The summed E-state index contributed by atoms with van der Waals surface area (Å²) in [7, 11) is 0. The maximum Gasteiger partial charge on any atom is 0.244 e. The number of fused-ring (bicyclic) bond motifs is 1. The van der Waals surface area contributed by atoms with E-state index >= 15 is 0 Å². The predicted octanol–water partition coefficient (Wildman–Crippen LogP) is 2.63. The number of hydrogen-bond acceptors (Lipinski definition) is 4. The first-order chi connectivity index (χ1) is 10.5. The Balaban J connectivity index is 1.84. The van der Waals surface area contributed by atoms with Gasteiger partial charge in [-0.15, -0.1) is 0 Å². The minimum Gasteiger partial charge on any atom is -0.356 e. The van der Waals surface area contributed by atoms with Gasteiger partial charge in [-0.25, -0.2) is 4.39 Å². The third kappa shape index (κ3) is 2.84. The standard InChI is InChI=1S/C15H13ClFN3O2/c16-10-7-9(5-6-11(10)17)18-15(22)20-8-14(21)19-12-3-1-2-4-13(12)20/h1-7,15,18,22H,8H2,(H,19,21). The highest BCUT2D eigenvalue weighted by atomic mass is 35.5. The molecule has 1 amide bonds. The lowest BCUT2D eigenvalue weighted by Crippen LogP contribution is -2.48.